The summed E-state index contributed by atoms with van der Waals surface area (Å²) in [5.74, 6) is 0. The van der Waals surface area contributed by atoms with Crippen LogP contribution in [0.25, 0.3) is 10.4 Å². The molecule has 10 N–H and O–H groups in total. The topological polar surface area (TPSA) is 128 Å². The molecular weight excluding hydrogens is 440 g/mol. The first kappa shape index (κ1) is 29.0. The van der Waals surface area contributed by atoms with Gasteiger partial charge in [0.25, 0.3) is 0 Å². The highest BCUT2D eigenvalue weighted by Crippen LogP contribution is 2.28. The molecule has 0 amide bonds. The number of rotatable bonds is 17. The normalized spacial score (nSPS) is 13.0. The van der Waals surface area contributed by atoms with Crippen molar-refractivity contribution in [3.63, 3.8) is 0 Å². The number of hydrogen-bond donors (Lipinski definition) is 6. The SMILES string of the molecule is Cl.NCCCNCCC(N)Cc1cc(CC(N)CCNCCCN)cc(-c2cccs2)c1. The van der Waals surface area contributed by atoms with Gasteiger partial charge >= 0.3 is 0 Å². The number of thiophene rings is 1. The van der Waals surface area contributed by atoms with Crippen LogP contribution in [0.15, 0.2) is 35.7 Å². The molecule has 0 aliphatic rings. The number of nitrogens with one attached hydrogen (secondary N) is 2. The van der Waals surface area contributed by atoms with E-state index >= 15 is 0 Å². The molecule has 2 unspecified atom stereocenters. The summed E-state index contributed by atoms with van der Waals surface area (Å²) >= 11 is 1.77. The molecule has 6 nitrogen and oxygen atoms in total. The summed E-state index contributed by atoms with van der Waals surface area (Å²) in [5.41, 5.74) is 27.8. The van der Waals surface area contributed by atoms with Gasteiger partial charge in [0.1, 0.15) is 0 Å². The first-order valence-electron chi connectivity index (χ1n) is 11.6. The van der Waals surface area contributed by atoms with Crippen molar-refractivity contribution >= 4 is 23.7 Å². The van der Waals surface area contributed by atoms with Gasteiger partial charge in [0.2, 0.25) is 0 Å². The van der Waals surface area contributed by atoms with Crippen LogP contribution in [0.1, 0.15) is 36.8 Å². The molecule has 0 radical (unpaired) electrons. The van der Waals surface area contributed by atoms with Crippen molar-refractivity contribution < 1.29 is 0 Å². The Morgan fingerprint density at radius 2 is 1.31 bits per heavy atom. The molecular formula is C24H43ClN6S. The van der Waals surface area contributed by atoms with Crippen LogP contribution in [0.2, 0.25) is 0 Å². The molecule has 2 atom stereocenters. The summed E-state index contributed by atoms with van der Waals surface area (Å²) in [4.78, 5) is 1.29. The summed E-state index contributed by atoms with van der Waals surface area (Å²) < 4.78 is 0. The highest BCUT2D eigenvalue weighted by molar-refractivity contribution is 7.13. The molecule has 1 aromatic carbocycles. The Kier molecular flexibility index (Phi) is 15.8. The van der Waals surface area contributed by atoms with E-state index in [2.05, 4.69) is 46.3 Å². The van der Waals surface area contributed by atoms with Crippen LogP contribution in [-0.2, 0) is 12.8 Å². The van der Waals surface area contributed by atoms with Gasteiger partial charge in [-0.1, -0.05) is 24.3 Å². The zero-order valence-electron chi connectivity index (χ0n) is 19.2. The number of benzene rings is 1. The van der Waals surface area contributed by atoms with E-state index in [4.69, 9.17) is 22.9 Å². The Balaban J connectivity index is 0.00000512. The molecule has 2 aromatic rings. The Bertz CT molecular complexity index is 672. The summed E-state index contributed by atoms with van der Waals surface area (Å²) in [6.07, 6.45) is 5.67. The minimum Gasteiger partial charge on any atom is -0.330 e. The number of hydrogen-bond acceptors (Lipinski definition) is 7. The average molecular weight is 483 g/mol. The Morgan fingerprint density at radius 3 is 1.75 bits per heavy atom. The first-order valence-corrected chi connectivity index (χ1v) is 12.5. The van der Waals surface area contributed by atoms with Crippen LogP contribution in [0.4, 0.5) is 0 Å². The van der Waals surface area contributed by atoms with Crippen molar-refractivity contribution in [2.75, 3.05) is 39.3 Å². The monoisotopic (exact) mass is 482 g/mol. The lowest BCUT2D eigenvalue weighted by Gasteiger charge is -2.17. The lowest BCUT2D eigenvalue weighted by Crippen LogP contribution is -2.30. The summed E-state index contributed by atoms with van der Waals surface area (Å²) in [7, 11) is 0. The largest absolute Gasteiger partial charge is 0.330 e. The lowest BCUT2D eigenvalue weighted by atomic mass is 9.95. The van der Waals surface area contributed by atoms with E-state index in [0.717, 1.165) is 77.8 Å². The van der Waals surface area contributed by atoms with Crippen LogP contribution in [0.5, 0.6) is 0 Å². The molecule has 0 aliphatic carbocycles. The van der Waals surface area contributed by atoms with Crippen LogP contribution >= 0.6 is 23.7 Å². The van der Waals surface area contributed by atoms with Crippen LogP contribution in [-0.4, -0.2) is 51.4 Å². The van der Waals surface area contributed by atoms with Gasteiger partial charge in [-0.15, -0.1) is 23.7 Å². The third-order valence-corrected chi connectivity index (χ3v) is 6.27. The van der Waals surface area contributed by atoms with Crippen molar-refractivity contribution in [3.05, 3.63) is 46.8 Å². The van der Waals surface area contributed by atoms with Gasteiger partial charge in [0.15, 0.2) is 0 Å². The van der Waals surface area contributed by atoms with E-state index in [1.165, 1.54) is 21.6 Å². The van der Waals surface area contributed by atoms with E-state index in [1.807, 2.05) is 0 Å². The van der Waals surface area contributed by atoms with Crippen LogP contribution in [0.3, 0.4) is 0 Å². The van der Waals surface area contributed by atoms with Gasteiger partial charge < -0.3 is 33.6 Å². The predicted molar refractivity (Wildman–Crippen MR) is 143 cm³/mol. The maximum atomic E-state index is 6.44. The van der Waals surface area contributed by atoms with E-state index in [1.54, 1.807) is 11.3 Å². The van der Waals surface area contributed by atoms with Gasteiger partial charge in [-0.2, -0.15) is 0 Å². The average Bonchev–Trinajstić information content (AvgIpc) is 3.28. The zero-order chi connectivity index (χ0) is 22.3. The molecule has 182 valence electrons. The molecule has 1 heterocycles. The van der Waals surface area contributed by atoms with Crippen molar-refractivity contribution in [2.24, 2.45) is 22.9 Å². The molecule has 32 heavy (non-hydrogen) atoms. The summed E-state index contributed by atoms with van der Waals surface area (Å²) in [5, 5.41) is 8.96. The van der Waals surface area contributed by atoms with E-state index in [9.17, 15) is 0 Å². The van der Waals surface area contributed by atoms with Crippen molar-refractivity contribution in [2.45, 2.75) is 50.6 Å². The molecule has 0 bridgehead atoms. The quantitative estimate of drug-likeness (QED) is 0.192. The van der Waals surface area contributed by atoms with Gasteiger partial charge in [-0.25, -0.2) is 0 Å². The third kappa shape index (κ3) is 11.7. The molecule has 0 saturated heterocycles. The fourth-order valence-electron chi connectivity index (χ4n) is 3.67. The smallest absolute Gasteiger partial charge is 0.0342 e. The lowest BCUT2D eigenvalue weighted by molar-refractivity contribution is 0.549. The van der Waals surface area contributed by atoms with Gasteiger partial charge in [0, 0.05) is 17.0 Å². The van der Waals surface area contributed by atoms with Crippen molar-refractivity contribution in [3.8, 4) is 10.4 Å². The highest BCUT2D eigenvalue weighted by Gasteiger charge is 2.11. The van der Waals surface area contributed by atoms with Gasteiger partial charge in [-0.05, 0) is 106 Å². The zero-order valence-corrected chi connectivity index (χ0v) is 20.9. The molecule has 1 aromatic heterocycles. The van der Waals surface area contributed by atoms with E-state index in [0.29, 0.717) is 0 Å². The minimum absolute atomic E-state index is 0. The number of nitrogens with two attached hydrogens (primary N) is 4. The Hall–Kier alpha value is -1.03. The first-order chi connectivity index (χ1) is 15.1. The predicted octanol–water partition coefficient (Wildman–Crippen LogP) is 2.23. The summed E-state index contributed by atoms with van der Waals surface area (Å²) in [6.45, 7) is 5.23. The van der Waals surface area contributed by atoms with Crippen LogP contribution in [0, 0.1) is 0 Å². The number of halogens is 1. The molecule has 8 heteroatoms. The van der Waals surface area contributed by atoms with Gasteiger partial charge in [0.05, 0.1) is 0 Å². The molecule has 2 rings (SSSR count). The van der Waals surface area contributed by atoms with Crippen molar-refractivity contribution in [1.82, 2.24) is 10.6 Å². The maximum absolute atomic E-state index is 6.44. The molecule has 0 spiro atoms. The van der Waals surface area contributed by atoms with Crippen molar-refractivity contribution in [1.29, 1.82) is 0 Å². The molecule has 0 saturated carbocycles. The van der Waals surface area contributed by atoms with E-state index < -0.39 is 0 Å². The summed E-state index contributed by atoms with van der Waals surface area (Å²) in [6, 6.07) is 11.4. The maximum Gasteiger partial charge on any atom is 0.0342 e. The third-order valence-electron chi connectivity index (χ3n) is 5.35. The van der Waals surface area contributed by atoms with Gasteiger partial charge in [-0.3, -0.25) is 0 Å². The Morgan fingerprint density at radius 1 is 0.781 bits per heavy atom. The minimum atomic E-state index is 0. The Labute approximate surface area is 204 Å². The van der Waals surface area contributed by atoms with Crippen LogP contribution < -0.4 is 33.6 Å². The standard InChI is InChI=1S/C24H42N6S.ClH/c25-7-2-9-29-11-5-22(27)17-19-14-20(16-21(15-19)24-4-1-13-31-24)18-23(28)6-12-30-10-3-8-26;/h1,4,13-16,22-23,29-30H,2-3,5-12,17-18,25-28H2;1H. The fourth-order valence-corrected chi connectivity index (χ4v) is 4.39. The fraction of sp³-hybridized carbons (Fsp3) is 0.583. The second-order valence-electron chi connectivity index (χ2n) is 8.31. The second-order valence-corrected chi connectivity index (χ2v) is 9.25. The molecule has 0 aliphatic heterocycles. The molecule has 0 fully saturated rings. The van der Waals surface area contributed by atoms with E-state index in [-0.39, 0.29) is 24.5 Å². The second kappa shape index (κ2) is 17.4. The highest BCUT2D eigenvalue weighted by atomic mass is 35.5.